The SMILES string of the molecule is CCOCC(=O)N[C@@H](C(=O)OC)[C@H]1CCCC(=O)C1. The molecule has 0 spiro atoms. The topological polar surface area (TPSA) is 81.7 Å². The summed E-state index contributed by atoms with van der Waals surface area (Å²) in [5.74, 6) is -0.927. The van der Waals surface area contributed by atoms with Crippen LogP contribution in [0.25, 0.3) is 0 Å². The highest BCUT2D eigenvalue weighted by Gasteiger charge is 2.33. The number of hydrogen-bond acceptors (Lipinski definition) is 5. The Morgan fingerprint density at radius 2 is 2.21 bits per heavy atom. The second-order valence-electron chi connectivity index (χ2n) is 4.60. The minimum absolute atomic E-state index is 0.0926. The molecule has 1 aliphatic rings. The summed E-state index contributed by atoms with van der Waals surface area (Å²) in [6, 6.07) is -0.762. The van der Waals surface area contributed by atoms with E-state index in [0.29, 0.717) is 19.4 Å². The van der Waals surface area contributed by atoms with E-state index >= 15 is 0 Å². The zero-order chi connectivity index (χ0) is 14.3. The fourth-order valence-corrected chi connectivity index (χ4v) is 2.25. The minimum Gasteiger partial charge on any atom is -0.467 e. The summed E-state index contributed by atoms with van der Waals surface area (Å²) in [7, 11) is 1.27. The van der Waals surface area contributed by atoms with Gasteiger partial charge in [-0.3, -0.25) is 9.59 Å². The van der Waals surface area contributed by atoms with Gasteiger partial charge in [0.25, 0.3) is 0 Å². The number of nitrogens with one attached hydrogen (secondary N) is 1. The number of Topliss-reactive ketones (excluding diaryl/α,β-unsaturated/α-hetero) is 1. The maximum absolute atomic E-state index is 11.7. The van der Waals surface area contributed by atoms with E-state index in [1.807, 2.05) is 0 Å². The molecular formula is C13H21NO5. The van der Waals surface area contributed by atoms with Gasteiger partial charge >= 0.3 is 5.97 Å². The molecule has 0 aliphatic heterocycles. The highest BCUT2D eigenvalue weighted by molar-refractivity contribution is 5.86. The molecule has 1 rings (SSSR count). The normalized spacial score (nSPS) is 20.7. The predicted molar refractivity (Wildman–Crippen MR) is 67.4 cm³/mol. The standard InChI is InChI=1S/C13H21NO5/c1-3-19-8-11(16)14-12(13(17)18-2)9-5-4-6-10(15)7-9/h9,12H,3-8H2,1-2H3,(H,14,16)/t9-,12+/m0/s1. The number of methoxy groups -OCH3 is 1. The maximum atomic E-state index is 11.7. The fourth-order valence-electron chi connectivity index (χ4n) is 2.25. The molecule has 1 aliphatic carbocycles. The first kappa shape index (κ1) is 15.6. The van der Waals surface area contributed by atoms with Gasteiger partial charge in [-0.05, 0) is 25.7 Å². The van der Waals surface area contributed by atoms with E-state index in [0.717, 1.165) is 12.8 Å². The summed E-state index contributed by atoms with van der Waals surface area (Å²) < 4.78 is 9.69. The molecule has 0 radical (unpaired) electrons. The second-order valence-corrected chi connectivity index (χ2v) is 4.60. The van der Waals surface area contributed by atoms with E-state index in [2.05, 4.69) is 5.32 Å². The molecule has 6 heteroatoms. The van der Waals surface area contributed by atoms with E-state index in [1.165, 1.54) is 7.11 Å². The summed E-state index contributed by atoms with van der Waals surface area (Å²) >= 11 is 0. The lowest BCUT2D eigenvalue weighted by Crippen LogP contribution is -2.49. The van der Waals surface area contributed by atoms with Crippen LogP contribution in [-0.2, 0) is 23.9 Å². The van der Waals surface area contributed by atoms with Gasteiger partial charge in [-0.25, -0.2) is 4.79 Å². The number of rotatable bonds is 6. The highest BCUT2D eigenvalue weighted by atomic mass is 16.5. The van der Waals surface area contributed by atoms with E-state index in [-0.39, 0.29) is 24.2 Å². The summed E-state index contributed by atoms with van der Waals surface area (Å²) in [6.07, 6.45) is 2.35. The number of hydrogen-bond donors (Lipinski definition) is 1. The average Bonchev–Trinajstić information content (AvgIpc) is 2.41. The Morgan fingerprint density at radius 1 is 1.47 bits per heavy atom. The Bertz CT molecular complexity index is 342. The monoisotopic (exact) mass is 271 g/mol. The van der Waals surface area contributed by atoms with Gasteiger partial charge in [-0.2, -0.15) is 0 Å². The van der Waals surface area contributed by atoms with Crippen LogP contribution in [0.15, 0.2) is 0 Å². The molecular weight excluding hydrogens is 250 g/mol. The lowest BCUT2D eigenvalue weighted by molar-refractivity contribution is -0.148. The number of esters is 1. The zero-order valence-corrected chi connectivity index (χ0v) is 11.4. The van der Waals surface area contributed by atoms with Gasteiger partial charge in [-0.15, -0.1) is 0 Å². The molecule has 1 amide bonds. The number of ether oxygens (including phenoxy) is 2. The largest absolute Gasteiger partial charge is 0.467 e. The molecule has 1 N–H and O–H groups in total. The predicted octanol–water partition coefficient (Wildman–Crippen LogP) is 0.440. The molecule has 0 saturated heterocycles. The van der Waals surface area contributed by atoms with Crippen molar-refractivity contribution in [2.45, 2.75) is 38.6 Å². The van der Waals surface area contributed by atoms with E-state index in [1.54, 1.807) is 6.92 Å². The van der Waals surface area contributed by atoms with Gasteiger partial charge in [0.1, 0.15) is 18.4 Å². The lowest BCUT2D eigenvalue weighted by atomic mass is 9.83. The molecule has 1 saturated carbocycles. The Kier molecular flexibility index (Phi) is 6.49. The van der Waals surface area contributed by atoms with Crippen molar-refractivity contribution in [3.8, 4) is 0 Å². The van der Waals surface area contributed by atoms with Gasteiger partial charge in [0.15, 0.2) is 0 Å². The molecule has 0 aromatic rings. The van der Waals surface area contributed by atoms with Crippen molar-refractivity contribution >= 4 is 17.7 Å². The second kappa shape index (κ2) is 7.89. The molecule has 19 heavy (non-hydrogen) atoms. The fraction of sp³-hybridized carbons (Fsp3) is 0.769. The van der Waals surface area contributed by atoms with E-state index in [9.17, 15) is 14.4 Å². The molecule has 0 unspecified atom stereocenters. The minimum atomic E-state index is -0.762. The number of amides is 1. The Morgan fingerprint density at radius 3 is 2.79 bits per heavy atom. The molecule has 6 nitrogen and oxygen atoms in total. The van der Waals surface area contributed by atoms with Gasteiger partial charge in [-0.1, -0.05) is 0 Å². The third kappa shape index (κ3) is 4.98. The Balaban J connectivity index is 2.63. The first-order chi connectivity index (χ1) is 9.08. The van der Waals surface area contributed by atoms with E-state index < -0.39 is 12.0 Å². The average molecular weight is 271 g/mol. The molecule has 0 heterocycles. The highest BCUT2D eigenvalue weighted by Crippen LogP contribution is 2.25. The first-order valence-electron chi connectivity index (χ1n) is 6.55. The van der Waals surface area contributed by atoms with Crippen LogP contribution >= 0.6 is 0 Å². The van der Waals surface area contributed by atoms with Crippen LogP contribution in [-0.4, -0.2) is 44.0 Å². The summed E-state index contributed by atoms with van der Waals surface area (Å²) in [6.45, 7) is 2.12. The number of ketones is 1. The first-order valence-corrected chi connectivity index (χ1v) is 6.55. The Labute approximate surface area is 112 Å². The van der Waals surface area contributed by atoms with Crippen LogP contribution in [0.1, 0.15) is 32.6 Å². The summed E-state index contributed by atoms with van der Waals surface area (Å²) in [5.41, 5.74) is 0. The van der Waals surface area contributed by atoms with Gasteiger partial charge in [0, 0.05) is 19.4 Å². The van der Waals surface area contributed by atoms with Crippen molar-refractivity contribution in [1.29, 1.82) is 0 Å². The smallest absolute Gasteiger partial charge is 0.328 e. The van der Waals surface area contributed by atoms with Crippen molar-refractivity contribution in [2.75, 3.05) is 20.3 Å². The number of carbonyl (C=O) groups is 3. The third-order valence-corrected chi connectivity index (χ3v) is 3.20. The summed E-state index contributed by atoms with van der Waals surface area (Å²) in [4.78, 5) is 34.8. The van der Waals surface area contributed by atoms with Crippen molar-refractivity contribution in [1.82, 2.24) is 5.32 Å². The zero-order valence-electron chi connectivity index (χ0n) is 11.4. The van der Waals surface area contributed by atoms with Crippen LogP contribution in [0.5, 0.6) is 0 Å². The van der Waals surface area contributed by atoms with Crippen molar-refractivity contribution in [3.05, 3.63) is 0 Å². The molecule has 0 aromatic carbocycles. The van der Waals surface area contributed by atoms with Crippen LogP contribution in [0.2, 0.25) is 0 Å². The summed E-state index contributed by atoms with van der Waals surface area (Å²) in [5, 5.41) is 2.60. The van der Waals surface area contributed by atoms with Crippen molar-refractivity contribution in [3.63, 3.8) is 0 Å². The lowest BCUT2D eigenvalue weighted by Gasteiger charge is -2.28. The van der Waals surface area contributed by atoms with Crippen LogP contribution in [0, 0.1) is 5.92 Å². The van der Waals surface area contributed by atoms with Gasteiger partial charge < -0.3 is 14.8 Å². The molecule has 0 aromatic heterocycles. The third-order valence-electron chi connectivity index (χ3n) is 3.20. The molecule has 0 bridgehead atoms. The van der Waals surface area contributed by atoms with Crippen LogP contribution in [0.4, 0.5) is 0 Å². The van der Waals surface area contributed by atoms with Crippen molar-refractivity contribution < 1.29 is 23.9 Å². The quantitative estimate of drug-likeness (QED) is 0.709. The molecule has 108 valence electrons. The maximum Gasteiger partial charge on any atom is 0.328 e. The molecule has 2 atom stereocenters. The van der Waals surface area contributed by atoms with Gasteiger partial charge in [0.05, 0.1) is 7.11 Å². The molecule has 1 fully saturated rings. The van der Waals surface area contributed by atoms with E-state index in [4.69, 9.17) is 9.47 Å². The Hall–Kier alpha value is -1.43. The van der Waals surface area contributed by atoms with Crippen molar-refractivity contribution in [2.24, 2.45) is 5.92 Å². The number of carbonyl (C=O) groups excluding carboxylic acids is 3. The van der Waals surface area contributed by atoms with Crippen LogP contribution in [0.3, 0.4) is 0 Å². The van der Waals surface area contributed by atoms with Crippen LogP contribution < -0.4 is 5.32 Å². The van der Waals surface area contributed by atoms with Gasteiger partial charge in [0.2, 0.25) is 5.91 Å².